The summed E-state index contributed by atoms with van der Waals surface area (Å²) in [5.74, 6) is -0.142. The molecule has 3 rings (SSSR count). The Morgan fingerprint density at radius 3 is 2.67 bits per heavy atom. The van der Waals surface area contributed by atoms with Crippen LogP contribution in [-0.4, -0.2) is 55.1 Å². The summed E-state index contributed by atoms with van der Waals surface area (Å²) in [6, 6.07) is 9.13. The Bertz CT molecular complexity index is 677. The highest BCUT2D eigenvalue weighted by Gasteiger charge is 2.11. The number of fused-ring (bicyclic) bond motifs is 1. The molecular formula is C16H21Cl3N4O. The number of hydrogen-bond donors (Lipinski definition) is 2. The van der Waals surface area contributed by atoms with Crippen molar-refractivity contribution in [1.82, 2.24) is 20.5 Å². The zero-order valence-electron chi connectivity index (χ0n) is 13.1. The van der Waals surface area contributed by atoms with Crippen LogP contribution in [0.25, 0.3) is 10.9 Å². The first-order chi connectivity index (χ1) is 10.7. The van der Waals surface area contributed by atoms with E-state index in [0.717, 1.165) is 43.6 Å². The molecule has 1 saturated heterocycles. The predicted molar refractivity (Wildman–Crippen MR) is 103 cm³/mol. The van der Waals surface area contributed by atoms with E-state index in [1.807, 2.05) is 18.2 Å². The molecule has 1 aromatic heterocycles. The largest absolute Gasteiger partial charge is 0.349 e. The number of pyridine rings is 1. The summed E-state index contributed by atoms with van der Waals surface area (Å²) in [4.78, 5) is 18.9. The van der Waals surface area contributed by atoms with Crippen molar-refractivity contribution in [1.29, 1.82) is 0 Å². The normalized spacial score (nSPS) is 14.5. The molecule has 8 heteroatoms. The van der Waals surface area contributed by atoms with Crippen LogP contribution in [0.5, 0.6) is 0 Å². The molecule has 5 nitrogen and oxygen atoms in total. The SMILES string of the molecule is Cl.Cl.O=C(NCCN1CCNCC1)c1ccc2ccc(Cl)cc2n1. The van der Waals surface area contributed by atoms with E-state index in [1.165, 1.54) is 0 Å². The van der Waals surface area contributed by atoms with Crippen LogP contribution in [0.4, 0.5) is 0 Å². The first-order valence-electron chi connectivity index (χ1n) is 7.50. The number of nitrogens with one attached hydrogen (secondary N) is 2. The maximum atomic E-state index is 12.2. The molecule has 1 aromatic carbocycles. The van der Waals surface area contributed by atoms with E-state index in [1.54, 1.807) is 12.1 Å². The van der Waals surface area contributed by atoms with Gasteiger partial charge in [0.1, 0.15) is 5.69 Å². The van der Waals surface area contributed by atoms with Crippen LogP contribution >= 0.6 is 36.4 Å². The third-order valence-corrected chi connectivity index (χ3v) is 4.05. The van der Waals surface area contributed by atoms with E-state index in [-0.39, 0.29) is 30.7 Å². The number of nitrogens with zero attached hydrogens (tertiary/aromatic N) is 2. The summed E-state index contributed by atoms with van der Waals surface area (Å²) < 4.78 is 0. The van der Waals surface area contributed by atoms with Crippen LogP contribution in [0.1, 0.15) is 10.5 Å². The lowest BCUT2D eigenvalue weighted by molar-refractivity contribution is 0.0942. The number of carbonyl (C=O) groups is 1. The van der Waals surface area contributed by atoms with Gasteiger partial charge in [0.25, 0.3) is 5.91 Å². The summed E-state index contributed by atoms with van der Waals surface area (Å²) in [5.41, 5.74) is 1.16. The molecule has 132 valence electrons. The van der Waals surface area contributed by atoms with Crippen LogP contribution in [0.2, 0.25) is 5.02 Å². The van der Waals surface area contributed by atoms with Gasteiger partial charge < -0.3 is 10.6 Å². The monoisotopic (exact) mass is 390 g/mol. The Hall–Kier alpha value is -1.11. The Morgan fingerprint density at radius 1 is 1.21 bits per heavy atom. The van der Waals surface area contributed by atoms with Crippen LogP contribution in [-0.2, 0) is 0 Å². The summed E-state index contributed by atoms with van der Waals surface area (Å²) in [6.45, 7) is 5.59. The maximum absolute atomic E-state index is 12.2. The van der Waals surface area contributed by atoms with Crippen LogP contribution in [0.3, 0.4) is 0 Å². The predicted octanol–water partition coefficient (Wildman–Crippen LogP) is 2.37. The van der Waals surface area contributed by atoms with Crippen molar-refractivity contribution in [3.05, 3.63) is 41.0 Å². The molecule has 1 aliphatic heterocycles. The van der Waals surface area contributed by atoms with Gasteiger partial charge >= 0.3 is 0 Å². The van der Waals surface area contributed by atoms with Crippen molar-refractivity contribution >= 4 is 53.2 Å². The molecule has 24 heavy (non-hydrogen) atoms. The third kappa shape index (κ3) is 5.46. The number of halogens is 3. The molecule has 2 aromatic rings. The second kappa shape index (κ2) is 10.0. The lowest BCUT2D eigenvalue weighted by Crippen LogP contribution is -2.46. The Morgan fingerprint density at radius 2 is 1.92 bits per heavy atom. The fourth-order valence-electron chi connectivity index (χ4n) is 2.57. The fraction of sp³-hybridized carbons (Fsp3) is 0.375. The zero-order chi connectivity index (χ0) is 15.4. The third-order valence-electron chi connectivity index (χ3n) is 3.81. The van der Waals surface area contributed by atoms with E-state index >= 15 is 0 Å². The lowest BCUT2D eigenvalue weighted by atomic mass is 10.2. The van der Waals surface area contributed by atoms with E-state index in [2.05, 4.69) is 20.5 Å². The molecule has 0 aliphatic carbocycles. The summed E-state index contributed by atoms with van der Waals surface area (Å²) >= 11 is 5.97. The molecule has 2 heterocycles. The highest BCUT2D eigenvalue weighted by atomic mass is 35.5. The van der Waals surface area contributed by atoms with E-state index < -0.39 is 0 Å². The lowest BCUT2D eigenvalue weighted by Gasteiger charge is -2.27. The van der Waals surface area contributed by atoms with Gasteiger partial charge in [-0.05, 0) is 18.2 Å². The van der Waals surface area contributed by atoms with Crippen molar-refractivity contribution in [3.63, 3.8) is 0 Å². The second-order valence-electron chi connectivity index (χ2n) is 5.38. The minimum absolute atomic E-state index is 0. The topological polar surface area (TPSA) is 57.3 Å². The number of benzene rings is 1. The molecule has 0 saturated carbocycles. The van der Waals surface area contributed by atoms with Crippen molar-refractivity contribution in [2.24, 2.45) is 0 Å². The number of hydrogen-bond acceptors (Lipinski definition) is 4. The van der Waals surface area contributed by atoms with E-state index in [0.29, 0.717) is 17.3 Å². The Labute approximate surface area is 159 Å². The fourth-order valence-corrected chi connectivity index (χ4v) is 2.74. The molecule has 0 unspecified atom stereocenters. The molecule has 0 radical (unpaired) electrons. The van der Waals surface area contributed by atoms with Gasteiger partial charge in [-0.15, -0.1) is 24.8 Å². The minimum atomic E-state index is -0.142. The highest BCUT2D eigenvalue weighted by molar-refractivity contribution is 6.31. The quantitative estimate of drug-likeness (QED) is 0.840. The van der Waals surface area contributed by atoms with Gasteiger partial charge in [-0.2, -0.15) is 0 Å². The van der Waals surface area contributed by atoms with Crippen LogP contribution in [0, 0.1) is 0 Å². The molecule has 1 aliphatic rings. The number of carbonyl (C=O) groups excluding carboxylic acids is 1. The van der Waals surface area contributed by atoms with Crippen molar-refractivity contribution in [2.75, 3.05) is 39.3 Å². The number of aromatic nitrogens is 1. The smallest absolute Gasteiger partial charge is 0.269 e. The minimum Gasteiger partial charge on any atom is -0.349 e. The molecule has 1 fully saturated rings. The molecule has 1 amide bonds. The van der Waals surface area contributed by atoms with Crippen molar-refractivity contribution < 1.29 is 4.79 Å². The van der Waals surface area contributed by atoms with Gasteiger partial charge in [0.05, 0.1) is 5.52 Å². The zero-order valence-corrected chi connectivity index (χ0v) is 15.5. The molecule has 0 bridgehead atoms. The van der Waals surface area contributed by atoms with Crippen molar-refractivity contribution in [3.8, 4) is 0 Å². The Kier molecular flexibility index (Phi) is 8.73. The first-order valence-corrected chi connectivity index (χ1v) is 7.88. The van der Waals surface area contributed by atoms with E-state index in [9.17, 15) is 4.79 Å². The van der Waals surface area contributed by atoms with E-state index in [4.69, 9.17) is 11.6 Å². The van der Waals surface area contributed by atoms with Gasteiger partial charge in [0.15, 0.2) is 0 Å². The summed E-state index contributed by atoms with van der Waals surface area (Å²) in [6.07, 6.45) is 0. The van der Waals surface area contributed by atoms with Gasteiger partial charge in [-0.3, -0.25) is 9.69 Å². The summed E-state index contributed by atoms with van der Waals surface area (Å²) in [7, 11) is 0. The summed E-state index contributed by atoms with van der Waals surface area (Å²) in [5, 5.41) is 7.84. The van der Waals surface area contributed by atoms with Crippen LogP contribution < -0.4 is 10.6 Å². The number of piperazine rings is 1. The highest BCUT2D eigenvalue weighted by Crippen LogP contribution is 2.17. The molecule has 0 spiro atoms. The average Bonchev–Trinajstić information content (AvgIpc) is 2.55. The molecular weight excluding hydrogens is 371 g/mol. The molecule has 0 atom stereocenters. The van der Waals surface area contributed by atoms with Crippen LogP contribution in [0.15, 0.2) is 30.3 Å². The van der Waals surface area contributed by atoms with Crippen molar-refractivity contribution in [2.45, 2.75) is 0 Å². The number of amides is 1. The average molecular weight is 392 g/mol. The Balaban J connectivity index is 0.00000144. The van der Waals surface area contributed by atoms with Gasteiger partial charge in [0, 0.05) is 49.7 Å². The standard InChI is InChI=1S/C16H19ClN4O.2ClH/c17-13-3-1-12-2-4-14(20-15(12)11-13)16(22)19-7-10-21-8-5-18-6-9-21;;/h1-4,11,18H,5-10H2,(H,19,22);2*1H. The van der Waals surface area contributed by atoms with Gasteiger partial charge in [0.2, 0.25) is 0 Å². The second-order valence-corrected chi connectivity index (χ2v) is 5.82. The number of rotatable bonds is 4. The van der Waals surface area contributed by atoms with Gasteiger partial charge in [-0.25, -0.2) is 4.98 Å². The first kappa shape index (κ1) is 20.9. The molecule has 2 N–H and O–H groups in total. The maximum Gasteiger partial charge on any atom is 0.269 e. The van der Waals surface area contributed by atoms with Gasteiger partial charge in [-0.1, -0.05) is 23.7 Å².